The summed E-state index contributed by atoms with van der Waals surface area (Å²) in [4.78, 5) is 24.6. The molecule has 2 N–H and O–H groups in total. The number of nitrogens with zero attached hydrogens (tertiary/aromatic N) is 4. The second kappa shape index (κ2) is 6.10. The van der Waals surface area contributed by atoms with Gasteiger partial charge in [0, 0.05) is 44.0 Å². The zero-order chi connectivity index (χ0) is 19.5. The Hall–Kier alpha value is -2.80. The Morgan fingerprint density at radius 1 is 1.21 bits per heavy atom. The molecule has 1 fully saturated rings. The number of fused-ring (bicyclic) bond motifs is 3. The first-order valence-corrected chi connectivity index (χ1v) is 9.83. The molecule has 1 atom stereocenters. The van der Waals surface area contributed by atoms with Gasteiger partial charge in [0.1, 0.15) is 6.23 Å². The van der Waals surface area contributed by atoms with Gasteiger partial charge in [-0.05, 0) is 37.5 Å². The fourth-order valence-electron chi connectivity index (χ4n) is 4.94. The van der Waals surface area contributed by atoms with E-state index >= 15 is 0 Å². The summed E-state index contributed by atoms with van der Waals surface area (Å²) in [6.07, 6.45) is 3.02. The molecule has 5 rings (SSSR count). The number of hydrogen-bond acceptors (Lipinski definition) is 5. The zero-order valence-corrected chi connectivity index (χ0v) is 16.2. The summed E-state index contributed by atoms with van der Waals surface area (Å²) in [7, 11) is 2.16. The van der Waals surface area contributed by atoms with Crippen LogP contribution in [0.3, 0.4) is 0 Å². The number of benzene rings is 1. The molecule has 3 aromatic rings. The number of piperidine rings is 1. The monoisotopic (exact) mass is 379 g/mol. The van der Waals surface area contributed by atoms with Crippen molar-refractivity contribution in [2.24, 2.45) is 0 Å². The van der Waals surface area contributed by atoms with E-state index in [0.717, 1.165) is 32.5 Å². The predicted octanol–water partition coefficient (Wildman–Crippen LogP) is 2.22. The van der Waals surface area contributed by atoms with Crippen LogP contribution in [0.5, 0.6) is 0 Å². The SMILES string of the molecule is CC(O)n1ccc2c(=O)[nH]c(N3CCC4(CC3)CN(C)c3ccccc34)nc21. The van der Waals surface area contributed by atoms with E-state index in [-0.39, 0.29) is 11.0 Å². The molecular weight excluding hydrogens is 354 g/mol. The van der Waals surface area contributed by atoms with Crippen molar-refractivity contribution in [2.75, 3.05) is 36.5 Å². The summed E-state index contributed by atoms with van der Waals surface area (Å²) in [6, 6.07) is 10.4. The Morgan fingerprint density at radius 3 is 2.71 bits per heavy atom. The Bertz CT molecular complexity index is 1090. The van der Waals surface area contributed by atoms with Gasteiger partial charge in [0.2, 0.25) is 5.95 Å². The summed E-state index contributed by atoms with van der Waals surface area (Å²) in [5.74, 6) is 0.590. The summed E-state index contributed by atoms with van der Waals surface area (Å²) in [5, 5.41) is 10.5. The van der Waals surface area contributed by atoms with Crippen LogP contribution in [-0.2, 0) is 5.41 Å². The number of rotatable bonds is 2. The van der Waals surface area contributed by atoms with Crippen molar-refractivity contribution in [2.45, 2.75) is 31.4 Å². The topological polar surface area (TPSA) is 77.4 Å². The molecule has 1 spiro atoms. The maximum absolute atomic E-state index is 12.5. The third-order valence-electron chi connectivity index (χ3n) is 6.42. The Balaban J connectivity index is 1.45. The zero-order valence-electron chi connectivity index (χ0n) is 16.2. The van der Waals surface area contributed by atoms with Crippen molar-refractivity contribution in [3.63, 3.8) is 0 Å². The molecule has 0 radical (unpaired) electrons. The molecule has 7 heteroatoms. The van der Waals surface area contributed by atoms with Crippen molar-refractivity contribution >= 4 is 22.7 Å². The number of likely N-dealkylation sites (N-methyl/N-ethyl adjacent to an activating group) is 1. The molecule has 0 bridgehead atoms. The van der Waals surface area contributed by atoms with Crippen LogP contribution in [-0.4, -0.2) is 46.3 Å². The highest BCUT2D eigenvalue weighted by Gasteiger charge is 2.43. The van der Waals surface area contributed by atoms with Crippen molar-refractivity contribution in [1.29, 1.82) is 0 Å². The fraction of sp³-hybridized carbons (Fsp3) is 0.429. The number of aliphatic hydroxyl groups excluding tert-OH is 1. The van der Waals surface area contributed by atoms with Gasteiger partial charge < -0.3 is 19.5 Å². The van der Waals surface area contributed by atoms with Gasteiger partial charge in [0.15, 0.2) is 5.65 Å². The van der Waals surface area contributed by atoms with Crippen molar-refractivity contribution in [3.8, 4) is 0 Å². The maximum Gasteiger partial charge on any atom is 0.261 e. The van der Waals surface area contributed by atoms with Gasteiger partial charge in [-0.15, -0.1) is 0 Å². The average Bonchev–Trinajstić information content (AvgIpc) is 3.23. The van der Waals surface area contributed by atoms with Crippen LogP contribution in [0.1, 0.15) is 31.6 Å². The standard InChI is InChI=1S/C21H25N5O2/c1-14(27)26-10-7-15-18(26)22-20(23-19(15)28)25-11-8-21(9-12-25)13-24(2)17-6-4-3-5-16(17)21/h3-7,10,14,27H,8-9,11-13H2,1-2H3,(H,22,23,28). The first-order valence-electron chi connectivity index (χ1n) is 9.83. The quantitative estimate of drug-likeness (QED) is 0.714. The fourth-order valence-corrected chi connectivity index (χ4v) is 4.94. The molecule has 2 aliphatic rings. The van der Waals surface area contributed by atoms with E-state index in [1.807, 2.05) is 0 Å². The lowest BCUT2D eigenvalue weighted by molar-refractivity contribution is 0.129. The first-order chi connectivity index (χ1) is 13.5. The number of aliphatic hydroxyl groups is 1. The number of anilines is 2. The number of hydrogen-bond donors (Lipinski definition) is 2. The van der Waals surface area contributed by atoms with Gasteiger partial charge in [-0.25, -0.2) is 0 Å². The van der Waals surface area contributed by atoms with E-state index in [9.17, 15) is 9.90 Å². The van der Waals surface area contributed by atoms with E-state index in [0.29, 0.717) is 17.0 Å². The van der Waals surface area contributed by atoms with E-state index in [1.165, 1.54) is 11.3 Å². The number of aromatic nitrogens is 3. The maximum atomic E-state index is 12.5. The lowest BCUT2D eigenvalue weighted by Gasteiger charge is -2.40. The number of aromatic amines is 1. The van der Waals surface area contributed by atoms with Crippen LogP contribution in [0.4, 0.5) is 11.6 Å². The predicted molar refractivity (Wildman–Crippen MR) is 110 cm³/mol. The normalized spacial score (nSPS) is 19.4. The van der Waals surface area contributed by atoms with Crippen LogP contribution < -0.4 is 15.4 Å². The molecule has 28 heavy (non-hydrogen) atoms. The Kier molecular flexibility index (Phi) is 3.77. The Labute approximate surface area is 163 Å². The largest absolute Gasteiger partial charge is 0.374 e. The molecule has 2 aliphatic heterocycles. The second-order valence-electron chi connectivity index (χ2n) is 8.12. The minimum Gasteiger partial charge on any atom is -0.374 e. The number of H-pyrrole nitrogens is 1. The van der Waals surface area contributed by atoms with Crippen LogP contribution in [0, 0.1) is 0 Å². The number of para-hydroxylation sites is 1. The van der Waals surface area contributed by atoms with Crippen molar-refractivity contribution in [3.05, 3.63) is 52.4 Å². The van der Waals surface area contributed by atoms with E-state index in [2.05, 4.69) is 51.1 Å². The highest BCUT2D eigenvalue weighted by Crippen LogP contribution is 2.46. The van der Waals surface area contributed by atoms with Crippen LogP contribution >= 0.6 is 0 Å². The molecule has 0 amide bonds. The van der Waals surface area contributed by atoms with Gasteiger partial charge in [0.05, 0.1) is 5.39 Å². The second-order valence-corrected chi connectivity index (χ2v) is 8.12. The molecular formula is C21H25N5O2. The molecule has 4 heterocycles. The van der Waals surface area contributed by atoms with Crippen LogP contribution in [0.25, 0.3) is 11.0 Å². The summed E-state index contributed by atoms with van der Waals surface area (Å²) >= 11 is 0. The molecule has 7 nitrogen and oxygen atoms in total. The molecule has 1 unspecified atom stereocenters. The first kappa shape index (κ1) is 17.3. The molecule has 1 saturated heterocycles. The molecule has 1 aromatic carbocycles. The van der Waals surface area contributed by atoms with Crippen LogP contribution in [0.2, 0.25) is 0 Å². The van der Waals surface area contributed by atoms with Crippen LogP contribution in [0.15, 0.2) is 41.3 Å². The third-order valence-corrected chi connectivity index (χ3v) is 6.42. The summed E-state index contributed by atoms with van der Waals surface area (Å²) in [6.45, 7) is 4.38. The van der Waals surface area contributed by atoms with Gasteiger partial charge in [-0.2, -0.15) is 4.98 Å². The lowest BCUT2D eigenvalue weighted by atomic mass is 9.74. The lowest BCUT2D eigenvalue weighted by Crippen LogP contribution is -2.45. The Morgan fingerprint density at radius 2 is 1.96 bits per heavy atom. The van der Waals surface area contributed by atoms with Gasteiger partial charge in [0.25, 0.3) is 5.56 Å². The summed E-state index contributed by atoms with van der Waals surface area (Å²) < 4.78 is 1.63. The summed E-state index contributed by atoms with van der Waals surface area (Å²) in [5.41, 5.74) is 3.31. The van der Waals surface area contributed by atoms with Gasteiger partial charge in [-0.3, -0.25) is 9.78 Å². The van der Waals surface area contributed by atoms with E-state index in [4.69, 9.17) is 0 Å². The van der Waals surface area contributed by atoms with Crippen molar-refractivity contribution in [1.82, 2.24) is 14.5 Å². The minimum atomic E-state index is -0.727. The highest BCUT2D eigenvalue weighted by atomic mass is 16.3. The molecule has 2 aromatic heterocycles. The number of nitrogens with one attached hydrogen (secondary N) is 1. The molecule has 146 valence electrons. The smallest absolute Gasteiger partial charge is 0.261 e. The molecule has 0 aliphatic carbocycles. The van der Waals surface area contributed by atoms with Gasteiger partial charge in [-0.1, -0.05) is 18.2 Å². The highest BCUT2D eigenvalue weighted by molar-refractivity contribution is 5.76. The van der Waals surface area contributed by atoms with E-state index in [1.54, 1.807) is 23.8 Å². The van der Waals surface area contributed by atoms with Crippen molar-refractivity contribution < 1.29 is 5.11 Å². The van der Waals surface area contributed by atoms with E-state index < -0.39 is 6.23 Å². The van der Waals surface area contributed by atoms with Gasteiger partial charge >= 0.3 is 0 Å². The average molecular weight is 379 g/mol. The molecule has 0 saturated carbocycles. The minimum absolute atomic E-state index is 0.161. The third kappa shape index (κ3) is 2.46.